The number of primary amides is 1. The van der Waals surface area contributed by atoms with Crippen molar-refractivity contribution in [3.63, 3.8) is 0 Å². The number of phenols is 3. The van der Waals surface area contributed by atoms with Crippen LogP contribution in [0, 0.1) is 0 Å². The summed E-state index contributed by atoms with van der Waals surface area (Å²) in [4.78, 5) is 10.6. The normalized spacial score (nSPS) is 13.3. The van der Waals surface area contributed by atoms with E-state index in [0.29, 0.717) is 4.90 Å². The van der Waals surface area contributed by atoms with Gasteiger partial charge in [0.15, 0.2) is 4.93 Å². The quantitative estimate of drug-likeness (QED) is 0.509. The molecule has 0 saturated carbocycles. The summed E-state index contributed by atoms with van der Waals surface area (Å²) in [5.74, 6) is -0.235. The first-order valence-corrected chi connectivity index (χ1v) is 7.11. The molecule has 0 radical (unpaired) electrons. The SMILES string of the molecule is CC(OC(N)=O)(Sc1ccc(O)cc1)c1ccc(O)cc1O. The van der Waals surface area contributed by atoms with Gasteiger partial charge in [0, 0.05) is 16.5 Å². The molecule has 1 amide bonds. The summed E-state index contributed by atoms with van der Waals surface area (Å²) in [7, 11) is 0. The van der Waals surface area contributed by atoms with Gasteiger partial charge in [-0.1, -0.05) is 11.8 Å². The maximum absolute atomic E-state index is 11.2. The lowest BCUT2D eigenvalue weighted by molar-refractivity contribution is 0.0932. The van der Waals surface area contributed by atoms with Gasteiger partial charge in [0.2, 0.25) is 0 Å². The largest absolute Gasteiger partial charge is 0.508 e. The lowest BCUT2D eigenvalue weighted by Gasteiger charge is -2.29. The van der Waals surface area contributed by atoms with E-state index in [0.717, 1.165) is 17.8 Å². The zero-order valence-electron chi connectivity index (χ0n) is 11.7. The average molecular weight is 321 g/mol. The molecule has 2 aromatic rings. The molecule has 0 aromatic heterocycles. The first-order valence-electron chi connectivity index (χ1n) is 6.29. The zero-order valence-corrected chi connectivity index (χ0v) is 12.5. The van der Waals surface area contributed by atoms with Crippen LogP contribution in [0.3, 0.4) is 0 Å². The second-order valence-electron chi connectivity index (χ2n) is 4.66. The molecule has 7 heteroatoms. The number of amides is 1. The molecular weight excluding hydrogens is 306 g/mol. The molecule has 0 aliphatic heterocycles. The van der Waals surface area contributed by atoms with Gasteiger partial charge in [0.25, 0.3) is 0 Å². The Balaban J connectivity index is 2.42. The molecule has 6 nitrogen and oxygen atoms in total. The van der Waals surface area contributed by atoms with Crippen molar-refractivity contribution in [3.05, 3.63) is 48.0 Å². The summed E-state index contributed by atoms with van der Waals surface area (Å²) < 4.78 is 5.18. The Morgan fingerprint density at radius 2 is 1.68 bits per heavy atom. The number of rotatable bonds is 4. The molecule has 0 heterocycles. The minimum Gasteiger partial charge on any atom is -0.508 e. The first-order chi connectivity index (χ1) is 10.3. The van der Waals surface area contributed by atoms with Crippen molar-refractivity contribution in [2.75, 3.05) is 0 Å². The van der Waals surface area contributed by atoms with Gasteiger partial charge in [-0.2, -0.15) is 0 Å². The smallest absolute Gasteiger partial charge is 0.406 e. The van der Waals surface area contributed by atoms with Crippen molar-refractivity contribution in [3.8, 4) is 17.2 Å². The summed E-state index contributed by atoms with van der Waals surface area (Å²) in [6.45, 7) is 1.57. The van der Waals surface area contributed by atoms with Crippen LogP contribution >= 0.6 is 11.8 Å². The zero-order chi connectivity index (χ0) is 16.3. The van der Waals surface area contributed by atoms with E-state index in [1.54, 1.807) is 19.1 Å². The van der Waals surface area contributed by atoms with Crippen LogP contribution in [-0.4, -0.2) is 21.4 Å². The number of aromatic hydroxyl groups is 3. The summed E-state index contributed by atoms with van der Waals surface area (Å²) in [5.41, 5.74) is 5.41. The Hall–Kier alpha value is -2.54. The van der Waals surface area contributed by atoms with E-state index in [1.807, 2.05) is 0 Å². The monoisotopic (exact) mass is 321 g/mol. The molecule has 2 aromatic carbocycles. The number of nitrogens with two attached hydrogens (primary N) is 1. The number of ether oxygens (including phenoxy) is 1. The maximum Gasteiger partial charge on any atom is 0.406 e. The third-order valence-corrected chi connectivity index (χ3v) is 4.12. The molecule has 0 spiro atoms. The Kier molecular flexibility index (Phi) is 4.37. The Bertz CT molecular complexity index is 689. The van der Waals surface area contributed by atoms with Crippen molar-refractivity contribution < 1.29 is 24.9 Å². The lowest BCUT2D eigenvalue weighted by atomic mass is 10.1. The highest BCUT2D eigenvalue weighted by Gasteiger charge is 2.34. The van der Waals surface area contributed by atoms with Gasteiger partial charge in [-0.15, -0.1) is 0 Å². The number of hydrogen-bond donors (Lipinski definition) is 4. The Labute approximate surface area is 131 Å². The van der Waals surface area contributed by atoms with Crippen molar-refractivity contribution in [1.82, 2.24) is 0 Å². The van der Waals surface area contributed by atoms with Crippen molar-refractivity contribution >= 4 is 17.9 Å². The minimum absolute atomic E-state index is 0.106. The predicted molar refractivity (Wildman–Crippen MR) is 81.8 cm³/mol. The summed E-state index contributed by atoms with van der Waals surface area (Å²) in [6, 6.07) is 10.2. The molecule has 1 unspecified atom stereocenters. The molecule has 0 aliphatic carbocycles. The fraction of sp³-hybridized carbons (Fsp3) is 0.133. The van der Waals surface area contributed by atoms with Crippen LogP contribution in [0.25, 0.3) is 0 Å². The van der Waals surface area contributed by atoms with Gasteiger partial charge in [0.05, 0.1) is 0 Å². The van der Waals surface area contributed by atoms with Crippen LogP contribution in [0.4, 0.5) is 4.79 Å². The lowest BCUT2D eigenvalue weighted by Crippen LogP contribution is -2.29. The fourth-order valence-electron chi connectivity index (χ4n) is 1.97. The van der Waals surface area contributed by atoms with Crippen LogP contribution in [-0.2, 0) is 9.67 Å². The standard InChI is InChI=1S/C15H15NO5S/c1-15(21-14(16)20,12-7-4-10(18)8-13(12)19)22-11-5-2-9(17)3-6-11/h2-8,17-19H,1H3,(H2,16,20). The molecule has 0 saturated heterocycles. The number of carbonyl (C=O) groups is 1. The van der Waals surface area contributed by atoms with E-state index in [4.69, 9.17) is 10.5 Å². The molecule has 2 rings (SSSR count). The topological polar surface area (TPSA) is 113 Å². The second kappa shape index (κ2) is 6.07. The maximum atomic E-state index is 11.2. The van der Waals surface area contributed by atoms with E-state index in [9.17, 15) is 20.1 Å². The number of thioether (sulfide) groups is 1. The molecular formula is C15H15NO5S. The van der Waals surface area contributed by atoms with Crippen LogP contribution in [0.15, 0.2) is 47.4 Å². The van der Waals surface area contributed by atoms with Crippen LogP contribution in [0.5, 0.6) is 17.2 Å². The second-order valence-corrected chi connectivity index (χ2v) is 6.12. The molecule has 22 heavy (non-hydrogen) atoms. The molecule has 116 valence electrons. The van der Waals surface area contributed by atoms with E-state index in [-0.39, 0.29) is 22.8 Å². The first kappa shape index (κ1) is 15.8. The Morgan fingerprint density at radius 3 is 2.23 bits per heavy atom. The summed E-state index contributed by atoms with van der Waals surface area (Å²) in [6.07, 6.45) is -0.999. The highest BCUT2D eigenvalue weighted by Crippen LogP contribution is 2.46. The van der Waals surface area contributed by atoms with E-state index < -0.39 is 11.0 Å². The molecule has 5 N–H and O–H groups in total. The van der Waals surface area contributed by atoms with Crippen LogP contribution in [0.2, 0.25) is 0 Å². The number of hydrogen-bond acceptors (Lipinski definition) is 6. The van der Waals surface area contributed by atoms with Gasteiger partial charge in [-0.25, -0.2) is 4.79 Å². The van der Waals surface area contributed by atoms with Gasteiger partial charge in [-0.05, 0) is 43.3 Å². The van der Waals surface area contributed by atoms with Gasteiger partial charge in [0.1, 0.15) is 17.2 Å². The number of phenolic OH excluding ortho intramolecular Hbond substituents is 3. The minimum atomic E-state index is -1.30. The van der Waals surface area contributed by atoms with Crippen molar-refractivity contribution in [2.24, 2.45) is 5.73 Å². The third kappa shape index (κ3) is 3.56. The van der Waals surface area contributed by atoms with Crippen molar-refractivity contribution in [2.45, 2.75) is 16.8 Å². The van der Waals surface area contributed by atoms with Gasteiger partial charge in [-0.3, -0.25) is 0 Å². The third-order valence-electron chi connectivity index (χ3n) is 2.92. The van der Waals surface area contributed by atoms with Crippen LogP contribution in [0.1, 0.15) is 12.5 Å². The average Bonchev–Trinajstić information content (AvgIpc) is 2.40. The van der Waals surface area contributed by atoms with Crippen LogP contribution < -0.4 is 5.73 Å². The Morgan fingerprint density at radius 1 is 1.09 bits per heavy atom. The highest BCUT2D eigenvalue weighted by molar-refractivity contribution is 8.00. The number of carbonyl (C=O) groups excluding carboxylic acids is 1. The molecule has 0 fully saturated rings. The molecule has 0 aliphatic rings. The van der Waals surface area contributed by atoms with Crippen molar-refractivity contribution in [1.29, 1.82) is 0 Å². The summed E-state index contributed by atoms with van der Waals surface area (Å²) in [5, 5.41) is 28.7. The predicted octanol–water partition coefficient (Wildman–Crippen LogP) is 2.86. The van der Waals surface area contributed by atoms with E-state index in [1.165, 1.54) is 24.3 Å². The van der Waals surface area contributed by atoms with Gasteiger partial charge < -0.3 is 25.8 Å². The highest BCUT2D eigenvalue weighted by atomic mass is 32.2. The van der Waals surface area contributed by atoms with Gasteiger partial charge >= 0.3 is 6.09 Å². The van der Waals surface area contributed by atoms with E-state index in [2.05, 4.69) is 0 Å². The molecule has 0 bridgehead atoms. The fourth-order valence-corrected chi connectivity index (χ4v) is 3.09. The number of benzene rings is 2. The molecule has 1 atom stereocenters. The van der Waals surface area contributed by atoms with E-state index >= 15 is 0 Å². The summed E-state index contributed by atoms with van der Waals surface area (Å²) >= 11 is 1.13.